The highest BCUT2D eigenvalue weighted by Crippen LogP contribution is 2.38. The first kappa shape index (κ1) is 34.0. The van der Waals surface area contributed by atoms with Crippen LogP contribution in [0.1, 0.15) is 18.2 Å². The minimum atomic E-state index is 0.672. The average Bonchev–Trinajstić information content (AvgIpc) is 3.79. The molecule has 10 rings (SSSR count). The molecule has 0 spiro atoms. The van der Waals surface area contributed by atoms with E-state index in [1.54, 1.807) is 0 Å². The van der Waals surface area contributed by atoms with Gasteiger partial charge in [0.05, 0.1) is 33.6 Å². The second-order valence-corrected chi connectivity index (χ2v) is 14.2. The highest BCUT2D eigenvalue weighted by atomic mass is 15.0. The van der Waals surface area contributed by atoms with Crippen LogP contribution in [0, 0.1) is 0 Å². The summed E-state index contributed by atoms with van der Waals surface area (Å²) in [5.74, 6) is 0.672. The fourth-order valence-electron chi connectivity index (χ4n) is 8.26. The maximum absolute atomic E-state index is 5.34. The minimum absolute atomic E-state index is 0.672. The van der Waals surface area contributed by atoms with Crippen molar-refractivity contribution in [2.45, 2.75) is 6.92 Å². The average molecular weight is 731 g/mol. The number of hydrogen-bond acceptors (Lipinski definition) is 2. The van der Waals surface area contributed by atoms with Crippen molar-refractivity contribution in [1.29, 1.82) is 0 Å². The SMILES string of the molecule is C=Cc1c(/C=C\C)c2ccccc2n1-c1cc(-c2cc(-c3cccc(-c4ccccc4)c3)nc(-c3ccccc3)n2)cc(-n2c3ccccc3c3ccccc32)c1. The molecule has 0 aliphatic carbocycles. The monoisotopic (exact) mass is 730 g/mol. The molecule has 0 unspecified atom stereocenters. The topological polar surface area (TPSA) is 35.6 Å². The third-order valence-electron chi connectivity index (χ3n) is 10.8. The Balaban J connectivity index is 1.28. The summed E-state index contributed by atoms with van der Waals surface area (Å²) in [6.07, 6.45) is 6.25. The van der Waals surface area contributed by atoms with E-state index in [2.05, 4.69) is 193 Å². The number of allylic oxidation sites excluding steroid dienone is 1. The third-order valence-corrected chi connectivity index (χ3v) is 10.8. The Kier molecular flexibility index (Phi) is 8.50. The van der Waals surface area contributed by atoms with Crippen molar-refractivity contribution >= 4 is 44.9 Å². The summed E-state index contributed by atoms with van der Waals surface area (Å²) in [4.78, 5) is 10.6. The molecule has 0 saturated carbocycles. The van der Waals surface area contributed by atoms with Crippen LogP contribution in [-0.2, 0) is 0 Å². The number of benzene rings is 7. The summed E-state index contributed by atoms with van der Waals surface area (Å²) >= 11 is 0. The normalized spacial score (nSPS) is 11.6. The van der Waals surface area contributed by atoms with Crippen molar-refractivity contribution < 1.29 is 0 Å². The van der Waals surface area contributed by atoms with Gasteiger partial charge in [0, 0.05) is 49.8 Å². The molecule has 0 aliphatic rings. The van der Waals surface area contributed by atoms with Gasteiger partial charge < -0.3 is 9.13 Å². The van der Waals surface area contributed by atoms with Crippen molar-refractivity contribution in [1.82, 2.24) is 19.1 Å². The van der Waals surface area contributed by atoms with Gasteiger partial charge >= 0.3 is 0 Å². The van der Waals surface area contributed by atoms with E-state index in [0.717, 1.165) is 78.4 Å². The van der Waals surface area contributed by atoms with Crippen LogP contribution >= 0.6 is 0 Å². The van der Waals surface area contributed by atoms with Crippen molar-refractivity contribution in [3.63, 3.8) is 0 Å². The lowest BCUT2D eigenvalue weighted by Crippen LogP contribution is -2.03. The highest BCUT2D eigenvalue weighted by molar-refractivity contribution is 6.09. The van der Waals surface area contributed by atoms with Gasteiger partial charge in [0.25, 0.3) is 0 Å². The van der Waals surface area contributed by atoms with Gasteiger partial charge in [-0.05, 0) is 72.7 Å². The summed E-state index contributed by atoms with van der Waals surface area (Å²) in [7, 11) is 0. The molecule has 3 aromatic heterocycles. The molecular weight excluding hydrogens is 693 g/mol. The number of nitrogens with zero attached hydrogens (tertiary/aromatic N) is 4. The predicted molar refractivity (Wildman–Crippen MR) is 240 cm³/mol. The molecule has 10 aromatic rings. The van der Waals surface area contributed by atoms with Crippen LogP contribution in [0.2, 0.25) is 0 Å². The van der Waals surface area contributed by atoms with E-state index in [1.807, 2.05) is 30.3 Å². The zero-order chi connectivity index (χ0) is 38.3. The summed E-state index contributed by atoms with van der Waals surface area (Å²) < 4.78 is 4.72. The van der Waals surface area contributed by atoms with Crippen molar-refractivity contribution in [3.8, 4) is 56.4 Å². The summed E-state index contributed by atoms with van der Waals surface area (Å²) in [6.45, 7) is 6.39. The molecule has 0 radical (unpaired) electrons. The van der Waals surface area contributed by atoms with E-state index >= 15 is 0 Å². The Morgan fingerprint density at radius 2 is 0.947 bits per heavy atom. The second kappa shape index (κ2) is 14.3. The maximum atomic E-state index is 5.34. The van der Waals surface area contributed by atoms with Crippen LogP contribution in [-0.4, -0.2) is 19.1 Å². The fourth-order valence-corrected chi connectivity index (χ4v) is 8.26. The molecule has 3 heterocycles. The number of aromatic nitrogens is 4. The Bertz CT molecular complexity index is 3090. The second-order valence-electron chi connectivity index (χ2n) is 14.2. The van der Waals surface area contributed by atoms with E-state index in [9.17, 15) is 0 Å². The molecule has 0 saturated heterocycles. The molecular formula is C53H38N4. The van der Waals surface area contributed by atoms with Gasteiger partial charge in [0.1, 0.15) is 0 Å². The molecule has 270 valence electrons. The smallest absolute Gasteiger partial charge is 0.160 e. The standard InChI is InChI=1S/C53H38N4/c1-3-18-43-44-25-11-14-28-50(44)56(49(43)4-2)41-32-40(33-42(34-41)57-51-29-15-12-26-45(51)46-27-13-16-30-52(46)57)48-35-47(54-53(55-48)37-21-9-6-10-22-37)39-24-17-23-38(31-39)36-19-7-5-8-20-36/h3-35H,2H2,1H3/b18-3-. The molecule has 57 heavy (non-hydrogen) atoms. The summed E-state index contributed by atoms with van der Waals surface area (Å²) in [6, 6.07) is 64.3. The molecule has 4 nitrogen and oxygen atoms in total. The molecule has 0 fully saturated rings. The van der Waals surface area contributed by atoms with Crippen LogP contribution in [0.3, 0.4) is 0 Å². The number of para-hydroxylation sites is 3. The lowest BCUT2D eigenvalue weighted by atomic mass is 10.0. The largest absolute Gasteiger partial charge is 0.309 e. The zero-order valence-electron chi connectivity index (χ0n) is 31.5. The summed E-state index contributed by atoms with van der Waals surface area (Å²) in [5, 5.41) is 3.59. The molecule has 0 bridgehead atoms. The predicted octanol–water partition coefficient (Wildman–Crippen LogP) is 13.9. The Morgan fingerprint density at radius 3 is 1.58 bits per heavy atom. The number of fused-ring (bicyclic) bond motifs is 4. The van der Waals surface area contributed by atoms with Crippen LogP contribution < -0.4 is 0 Å². The number of hydrogen-bond donors (Lipinski definition) is 0. The molecule has 0 aliphatic heterocycles. The molecule has 0 N–H and O–H groups in total. The first-order chi connectivity index (χ1) is 28.2. The van der Waals surface area contributed by atoms with Gasteiger partial charge in [0.15, 0.2) is 5.82 Å². The van der Waals surface area contributed by atoms with E-state index in [1.165, 1.54) is 16.2 Å². The van der Waals surface area contributed by atoms with Crippen LogP contribution in [0.4, 0.5) is 0 Å². The van der Waals surface area contributed by atoms with Gasteiger partial charge in [0.2, 0.25) is 0 Å². The van der Waals surface area contributed by atoms with E-state index in [0.29, 0.717) is 5.82 Å². The van der Waals surface area contributed by atoms with Gasteiger partial charge in [-0.25, -0.2) is 9.97 Å². The molecule has 0 atom stereocenters. The lowest BCUT2D eigenvalue weighted by molar-refractivity contribution is 1.08. The molecule has 7 aromatic carbocycles. The van der Waals surface area contributed by atoms with Crippen LogP contribution in [0.25, 0.3) is 101 Å². The van der Waals surface area contributed by atoms with Crippen molar-refractivity contribution in [2.24, 2.45) is 0 Å². The minimum Gasteiger partial charge on any atom is -0.309 e. The van der Waals surface area contributed by atoms with Crippen LogP contribution in [0.15, 0.2) is 195 Å². The Morgan fingerprint density at radius 1 is 0.439 bits per heavy atom. The highest BCUT2D eigenvalue weighted by Gasteiger charge is 2.20. The third kappa shape index (κ3) is 5.96. The van der Waals surface area contributed by atoms with E-state index in [4.69, 9.17) is 9.97 Å². The van der Waals surface area contributed by atoms with Gasteiger partial charge in [-0.1, -0.05) is 152 Å². The molecule has 4 heteroatoms. The van der Waals surface area contributed by atoms with Crippen molar-refractivity contribution in [3.05, 3.63) is 206 Å². The van der Waals surface area contributed by atoms with Gasteiger partial charge in [-0.2, -0.15) is 0 Å². The first-order valence-electron chi connectivity index (χ1n) is 19.3. The fraction of sp³-hybridized carbons (Fsp3) is 0.0189. The van der Waals surface area contributed by atoms with E-state index in [-0.39, 0.29) is 0 Å². The quantitative estimate of drug-likeness (QED) is 0.156. The van der Waals surface area contributed by atoms with E-state index < -0.39 is 0 Å². The van der Waals surface area contributed by atoms with Gasteiger partial charge in [-0.15, -0.1) is 0 Å². The zero-order valence-corrected chi connectivity index (χ0v) is 31.5. The van der Waals surface area contributed by atoms with Gasteiger partial charge in [-0.3, -0.25) is 0 Å². The maximum Gasteiger partial charge on any atom is 0.160 e. The molecule has 0 amide bonds. The number of rotatable bonds is 8. The van der Waals surface area contributed by atoms with Crippen molar-refractivity contribution in [2.75, 3.05) is 0 Å². The lowest BCUT2D eigenvalue weighted by Gasteiger charge is -2.17. The Labute approximate surface area is 332 Å². The first-order valence-corrected chi connectivity index (χ1v) is 19.3. The Hall–Kier alpha value is -7.56. The summed E-state index contributed by atoms with van der Waals surface area (Å²) in [5.41, 5.74) is 14.6. The van der Waals surface area contributed by atoms with Crippen LogP contribution in [0.5, 0.6) is 0 Å².